The average molecular weight is 418 g/mol. The number of carboxylic acids is 1. The molecule has 2 aromatic rings. The van der Waals surface area contributed by atoms with Crippen molar-refractivity contribution >= 4 is 29.0 Å². The highest BCUT2D eigenvalue weighted by molar-refractivity contribution is 7.12. The standard InChI is InChI=1S/C21H27N3O4S/c25-18(19-7-4-8-29-19)10-15(9-14-5-2-1-3-6-14)20(26)24-17(21(27)28)11-16-12-22-13-23-16/h4,7-8,12-15,17H,1-3,5-6,9-11H2,(H,22,23)(H,24,26)(H,27,28)/t15?,17-/m1/s1. The van der Waals surface area contributed by atoms with Crippen LogP contribution in [0, 0.1) is 11.8 Å². The lowest BCUT2D eigenvalue weighted by atomic mass is 9.81. The lowest BCUT2D eigenvalue weighted by molar-refractivity contribution is -0.142. The van der Waals surface area contributed by atoms with Crippen molar-refractivity contribution in [2.75, 3.05) is 0 Å². The van der Waals surface area contributed by atoms with Crippen LogP contribution in [0.4, 0.5) is 0 Å². The Morgan fingerprint density at radius 1 is 1.28 bits per heavy atom. The van der Waals surface area contributed by atoms with Gasteiger partial charge in [-0.25, -0.2) is 9.78 Å². The van der Waals surface area contributed by atoms with Gasteiger partial charge >= 0.3 is 5.97 Å². The Labute approximate surface area is 173 Å². The number of thiophene rings is 1. The van der Waals surface area contributed by atoms with Gasteiger partial charge in [0.25, 0.3) is 0 Å². The molecule has 3 rings (SSSR count). The SMILES string of the molecule is O=C(CC(CC1CCCCC1)C(=O)N[C@H](Cc1cnc[nH]1)C(=O)O)c1cccs1. The molecule has 2 atom stereocenters. The Morgan fingerprint density at radius 3 is 2.69 bits per heavy atom. The smallest absolute Gasteiger partial charge is 0.326 e. The van der Waals surface area contributed by atoms with Crippen LogP contribution in [0.25, 0.3) is 0 Å². The number of nitrogens with zero attached hydrogens (tertiary/aromatic N) is 1. The average Bonchev–Trinajstić information content (AvgIpc) is 3.41. The summed E-state index contributed by atoms with van der Waals surface area (Å²) in [5.41, 5.74) is 0.635. The Bertz CT molecular complexity index is 798. The summed E-state index contributed by atoms with van der Waals surface area (Å²) < 4.78 is 0. The van der Waals surface area contributed by atoms with Crippen molar-refractivity contribution in [3.8, 4) is 0 Å². The predicted molar refractivity (Wildman–Crippen MR) is 110 cm³/mol. The number of aromatic amines is 1. The van der Waals surface area contributed by atoms with Crippen molar-refractivity contribution in [1.82, 2.24) is 15.3 Å². The number of Topliss-reactive ketones (excluding diaryl/α,β-unsaturated/α-hetero) is 1. The Balaban J connectivity index is 1.69. The fourth-order valence-corrected chi connectivity index (χ4v) is 4.65. The van der Waals surface area contributed by atoms with Crippen molar-refractivity contribution in [2.24, 2.45) is 11.8 Å². The van der Waals surface area contributed by atoms with E-state index < -0.39 is 17.9 Å². The molecule has 0 spiro atoms. The number of rotatable bonds is 10. The molecule has 0 bridgehead atoms. The van der Waals surface area contributed by atoms with E-state index in [0.29, 0.717) is 22.9 Å². The molecule has 1 unspecified atom stereocenters. The van der Waals surface area contributed by atoms with E-state index in [1.54, 1.807) is 12.3 Å². The van der Waals surface area contributed by atoms with Crippen LogP contribution in [0.5, 0.6) is 0 Å². The number of amides is 1. The highest BCUT2D eigenvalue weighted by Gasteiger charge is 2.30. The minimum atomic E-state index is -1.10. The first-order valence-corrected chi connectivity index (χ1v) is 11.0. The monoisotopic (exact) mass is 417 g/mol. The summed E-state index contributed by atoms with van der Waals surface area (Å²) >= 11 is 1.37. The van der Waals surface area contributed by atoms with Crippen molar-refractivity contribution in [1.29, 1.82) is 0 Å². The van der Waals surface area contributed by atoms with Gasteiger partial charge in [-0.3, -0.25) is 9.59 Å². The molecule has 8 heteroatoms. The van der Waals surface area contributed by atoms with Gasteiger partial charge in [-0.05, 0) is 23.8 Å². The number of imidazole rings is 1. The maximum Gasteiger partial charge on any atom is 0.326 e. The van der Waals surface area contributed by atoms with Crippen LogP contribution in [0.15, 0.2) is 30.0 Å². The lowest BCUT2D eigenvalue weighted by Crippen LogP contribution is -2.45. The fourth-order valence-electron chi connectivity index (χ4n) is 3.98. The Kier molecular flexibility index (Phi) is 7.57. The third-order valence-corrected chi connectivity index (χ3v) is 6.45. The fraction of sp³-hybridized carbons (Fsp3) is 0.524. The number of nitrogens with one attached hydrogen (secondary N) is 2. The van der Waals surface area contributed by atoms with Gasteiger partial charge < -0.3 is 15.4 Å². The van der Waals surface area contributed by atoms with Crippen LogP contribution in [0.3, 0.4) is 0 Å². The zero-order valence-electron chi connectivity index (χ0n) is 16.3. The van der Waals surface area contributed by atoms with E-state index in [4.69, 9.17) is 0 Å². The molecule has 3 N–H and O–H groups in total. The van der Waals surface area contributed by atoms with Crippen molar-refractivity contribution in [2.45, 2.75) is 57.4 Å². The number of ketones is 1. The molecule has 0 aromatic carbocycles. The summed E-state index contributed by atoms with van der Waals surface area (Å²) in [6, 6.07) is 2.52. The number of hydrogen-bond donors (Lipinski definition) is 3. The summed E-state index contributed by atoms with van der Waals surface area (Å²) in [5.74, 6) is -1.62. The molecule has 2 aromatic heterocycles. The molecule has 0 saturated heterocycles. The number of hydrogen-bond acceptors (Lipinski definition) is 5. The molecule has 1 aliphatic carbocycles. The zero-order chi connectivity index (χ0) is 20.6. The molecule has 0 radical (unpaired) electrons. The van der Waals surface area contributed by atoms with E-state index >= 15 is 0 Å². The van der Waals surface area contributed by atoms with Crippen LogP contribution in [0.1, 0.15) is 60.3 Å². The summed E-state index contributed by atoms with van der Waals surface area (Å²) in [7, 11) is 0. The molecule has 7 nitrogen and oxygen atoms in total. The van der Waals surface area contributed by atoms with Crippen LogP contribution in [0.2, 0.25) is 0 Å². The topological polar surface area (TPSA) is 112 Å². The second kappa shape index (κ2) is 10.3. The van der Waals surface area contributed by atoms with Crippen LogP contribution >= 0.6 is 11.3 Å². The maximum absolute atomic E-state index is 13.0. The minimum Gasteiger partial charge on any atom is -0.480 e. The molecular formula is C21H27N3O4S. The van der Waals surface area contributed by atoms with Crippen LogP contribution in [-0.2, 0) is 16.0 Å². The van der Waals surface area contributed by atoms with Gasteiger partial charge in [-0.1, -0.05) is 38.2 Å². The first kappa shape index (κ1) is 21.2. The predicted octanol–water partition coefficient (Wildman–Crippen LogP) is 3.44. The van der Waals surface area contributed by atoms with Gasteiger partial charge in [0, 0.05) is 30.7 Å². The maximum atomic E-state index is 13.0. The molecule has 1 aliphatic rings. The highest BCUT2D eigenvalue weighted by Crippen LogP contribution is 2.31. The number of carboxylic acid groups (broad SMARTS) is 1. The van der Waals surface area contributed by atoms with E-state index in [2.05, 4.69) is 15.3 Å². The summed E-state index contributed by atoms with van der Waals surface area (Å²) in [4.78, 5) is 44.7. The summed E-state index contributed by atoms with van der Waals surface area (Å²) in [6.07, 6.45) is 9.51. The van der Waals surface area contributed by atoms with Gasteiger partial charge in [-0.15, -0.1) is 11.3 Å². The summed E-state index contributed by atoms with van der Waals surface area (Å²) in [6.45, 7) is 0. The van der Waals surface area contributed by atoms with Gasteiger partial charge in [-0.2, -0.15) is 0 Å². The second-order valence-corrected chi connectivity index (χ2v) is 8.67. The van der Waals surface area contributed by atoms with Crippen molar-refractivity contribution in [3.63, 3.8) is 0 Å². The first-order chi connectivity index (χ1) is 14.0. The second-order valence-electron chi connectivity index (χ2n) is 7.72. The molecular weight excluding hydrogens is 390 g/mol. The van der Waals surface area contributed by atoms with E-state index in [-0.39, 0.29) is 24.5 Å². The van der Waals surface area contributed by atoms with Gasteiger partial charge in [0.2, 0.25) is 5.91 Å². The van der Waals surface area contributed by atoms with Crippen LogP contribution in [-0.4, -0.2) is 38.8 Å². The van der Waals surface area contributed by atoms with Gasteiger partial charge in [0.1, 0.15) is 6.04 Å². The third-order valence-electron chi connectivity index (χ3n) is 5.53. The molecule has 2 heterocycles. The molecule has 156 valence electrons. The Hall–Kier alpha value is -2.48. The number of aromatic nitrogens is 2. The largest absolute Gasteiger partial charge is 0.480 e. The molecule has 1 amide bonds. The molecule has 1 saturated carbocycles. The Morgan fingerprint density at radius 2 is 2.07 bits per heavy atom. The van der Waals surface area contributed by atoms with Gasteiger partial charge in [0.05, 0.1) is 11.2 Å². The molecule has 1 fully saturated rings. The third kappa shape index (κ3) is 6.25. The van der Waals surface area contributed by atoms with Gasteiger partial charge in [0.15, 0.2) is 5.78 Å². The number of carbonyl (C=O) groups is 3. The van der Waals surface area contributed by atoms with E-state index in [1.165, 1.54) is 24.1 Å². The normalized spacial score (nSPS) is 16.8. The van der Waals surface area contributed by atoms with Crippen LogP contribution < -0.4 is 5.32 Å². The minimum absolute atomic E-state index is 0.0589. The molecule has 0 aliphatic heterocycles. The highest BCUT2D eigenvalue weighted by atomic mass is 32.1. The quantitative estimate of drug-likeness (QED) is 0.513. The zero-order valence-corrected chi connectivity index (χ0v) is 17.1. The lowest BCUT2D eigenvalue weighted by Gasteiger charge is -2.26. The summed E-state index contributed by atoms with van der Waals surface area (Å²) in [5, 5.41) is 14.0. The van der Waals surface area contributed by atoms with Crippen molar-refractivity contribution < 1.29 is 19.5 Å². The van der Waals surface area contributed by atoms with E-state index in [0.717, 1.165) is 25.7 Å². The van der Waals surface area contributed by atoms with E-state index in [1.807, 2.05) is 11.4 Å². The van der Waals surface area contributed by atoms with Crippen molar-refractivity contribution in [3.05, 3.63) is 40.6 Å². The number of H-pyrrole nitrogens is 1. The number of aliphatic carboxylic acids is 1. The molecule has 29 heavy (non-hydrogen) atoms. The van der Waals surface area contributed by atoms with E-state index in [9.17, 15) is 19.5 Å². The first-order valence-electron chi connectivity index (χ1n) is 10.1. The number of carbonyl (C=O) groups excluding carboxylic acids is 2.